The van der Waals surface area contributed by atoms with Crippen LogP contribution in [0, 0.1) is 4.91 Å². The molecule has 0 aromatic heterocycles. The first-order valence-electron chi connectivity index (χ1n) is 6.46. The maximum atomic E-state index is 10.8. The molecule has 0 aliphatic heterocycles. The lowest BCUT2D eigenvalue weighted by Crippen LogP contribution is -1.90. The van der Waals surface area contributed by atoms with Crippen LogP contribution in [0.2, 0.25) is 0 Å². The van der Waals surface area contributed by atoms with Gasteiger partial charge in [-0.15, -0.1) is 4.91 Å². The first-order valence-corrected chi connectivity index (χ1v) is 6.46. The van der Waals surface area contributed by atoms with Crippen LogP contribution in [0.3, 0.4) is 0 Å². The van der Waals surface area contributed by atoms with Gasteiger partial charge in [0, 0.05) is 0 Å². The van der Waals surface area contributed by atoms with Gasteiger partial charge in [-0.2, -0.15) is 0 Å². The molecule has 0 saturated heterocycles. The monoisotopic (exact) mass is 233 g/mol. The molecule has 0 aromatic rings. The van der Waals surface area contributed by atoms with Crippen LogP contribution < -0.4 is 0 Å². The van der Waals surface area contributed by atoms with Crippen molar-refractivity contribution in [2.45, 2.75) is 59.3 Å². The molecule has 0 aromatic carbocycles. The van der Waals surface area contributed by atoms with Gasteiger partial charge in [0.05, 0.1) is 5.70 Å². The number of hydrogen-bond donors (Lipinski definition) is 0. The molecule has 0 unspecified atom stereocenters. The fourth-order valence-electron chi connectivity index (χ4n) is 2.08. The van der Waals surface area contributed by atoms with Crippen LogP contribution in [0.4, 0.5) is 0 Å². The van der Waals surface area contributed by atoms with Crippen molar-refractivity contribution in [1.82, 2.24) is 0 Å². The first-order chi connectivity index (χ1) is 8.13. The van der Waals surface area contributed by atoms with E-state index in [1.165, 1.54) is 11.1 Å². The zero-order chi connectivity index (χ0) is 12.7. The Hall–Kier alpha value is -1.18. The highest BCUT2D eigenvalue weighted by molar-refractivity contribution is 5.15. The molecule has 0 saturated carbocycles. The quantitative estimate of drug-likeness (QED) is 0.448. The Morgan fingerprint density at radius 3 is 2.12 bits per heavy atom. The third-order valence-corrected chi connectivity index (χ3v) is 3.40. The van der Waals surface area contributed by atoms with E-state index in [-0.39, 0.29) is 0 Å². The molecule has 1 aliphatic carbocycles. The average molecular weight is 233 g/mol. The molecule has 1 rings (SSSR count). The van der Waals surface area contributed by atoms with Crippen LogP contribution >= 0.6 is 0 Å². The zero-order valence-electron chi connectivity index (χ0n) is 11.3. The Labute approximate surface area is 104 Å². The lowest BCUT2D eigenvalue weighted by Gasteiger charge is -2.08. The second-order valence-electron chi connectivity index (χ2n) is 5.00. The summed E-state index contributed by atoms with van der Waals surface area (Å²) in [6.07, 6.45) is 10.6. The Morgan fingerprint density at radius 1 is 0.882 bits per heavy atom. The summed E-state index contributed by atoms with van der Waals surface area (Å²) in [7, 11) is 0. The normalized spacial score (nSPS) is 23.0. The summed E-state index contributed by atoms with van der Waals surface area (Å²) in [6, 6.07) is 0. The Kier molecular flexibility index (Phi) is 5.88. The summed E-state index contributed by atoms with van der Waals surface area (Å²) < 4.78 is 0. The summed E-state index contributed by atoms with van der Waals surface area (Å²) in [5, 5.41) is 3.19. The van der Waals surface area contributed by atoms with Gasteiger partial charge in [-0.25, -0.2) is 0 Å². The smallest absolute Gasteiger partial charge is 0.0841 e. The van der Waals surface area contributed by atoms with Crippen LogP contribution in [-0.4, -0.2) is 0 Å². The fraction of sp³-hybridized carbons (Fsp3) is 0.600. The van der Waals surface area contributed by atoms with Gasteiger partial charge in [0.25, 0.3) is 0 Å². The summed E-state index contributed by atoms with van der Waals surface area (Å²) >= 11 is 0. The molecular weight excluding hydrogens is 210 g/mol. The molecule has 2 heteroatoms. The van der Waals surface area contributed by atoms with E-state index in [0.29, 0.717) is 0 Å². The highest BCUT2D eigenvalue weighted by Gasteiger charge is 2.05. The Bertz CT molecular complexity index is 361. The largest absolute Gasteiger partial charge is 0.145 e. The van der Waals surface area contributed by atoms with Gasteiger partial charge in [-0.3, -0.25) is 0 Å². The van der Waals surface area contributed by atoms with E-state index in [9.17, 15) is 4.91 Å². The van der Waals surface area contributed by atoms with Gasteiger partial charge in [0.15, 0.2) is 0 Å². The van der Waals surface area contributed by atoms with Gasteiger partial charge in [-0.05, 0) is 70.0 Å². The molecule has 0 atom stereocenters. The number of rotatable bonds is 1. The van der Waals surface area contributed by atoms with E-state index in [2.05, 4.69) is 31.2 Å². The average Bonchev–Trinajstić information content (AvgIpc) is 2.28. The SMILES string of the molecule is CC1=CCC/C(C)=C\CCC(C)=C(N=O)CC1. The molecule has 94 valence electrons. The summed E-state index contributed by atoms with van der Waals surface area (Å²) in [5.74, 6) is 0. The number of nitroso groups, excluding NO2 is 1. The van der Waals surface area contributed by atoms with Crippen molar-refractivity contribution in [3.05, 3.63) is 39.5 Å². The van der Waals surface area contributed by atoms with Crippen molar-refractivity contribution in [3.8, 4) is 0 Å². The van der Waals surface area contributed by atoms with Crippen molar-refractivity contribution in [3.63, 3.8) is 0 Å². The van der Waals surface area contributed by atoms with Gasteiger partial charge in [-0.1, -0.05) is 23.3 Å². The molecule has 0 fully saturated rings. The highest BCUT2D eigenvalue weighted by Crippen LogP contribution is 2.21. The molecule has 0 heterocycles. The van der Waals surface area contributed by atoms with E-state index < -0.39 is 0 Å². The summed E-state index contributed by atoms with van der Waals surface area (Å²) in [5.41, 5.74) is 4.72. The summed E-state index contributed by atoms with van der Waals surface area (Å²) in [4.78, 5) is 10.8. The second kappa shape index (κ2) is 7.21. The van der Waals surface area contributed by atoms with Crippen LogP contribution in [0.1, 0.15) is 59.3 Å². The standard InChI is InChI=1S/C15H23NO/c1-12-6-4-7-13(2)10-11-15(16-17)14(3)9-5-8-12/h7-8H,4-6,9-11H2,1-3H3/b12-8-,13-7?,15-14?. The molecule has 0 spiro atoms. The highest BCUT2D eigenvalue weighted by atomic mass is 16.3. The van der Waals surface area contributed by atoms with E-state index in [0.717, 1.165) is 49.8 Å². The van der Waals surface area contributed by atoms with Crippen molar-refractivity contribution >= 4 is 0 Å². The van der Waals surface area contributed by atoms with E-state index in [4.69, 9.17) is 0 Å². The van der Waals surface area contributed by atoms with E-state index in [1.807, 2.05) is 6.92 Å². The maximum Gasteiger partial charge on any atom is 0.0841 e. The molecule has 2 nitrogen and oxygen atoms in total. The predicted octanol–water partition coefficient (Wildman–Crippen LogP) is 5.27. The minimum absolute atomic E-state index is 0.754. The lowest BCUT2D eigenvalue weighted by molar-refractivity contribution is 0.832. The predicted molar refractivity (Wildman–Crippen MR) is 73.7 cm³/mol. The number of nitrogens with zero attached hydrogens (tertiary/aromatic N) is 1. The van der Waals surface area contributed by atoms with Crippen LogP contribution in [0.25, 0.3) is 0 Å². The molecule has 17 heavy (non-hydrogen) atoms. The molecule has 1 aliphatic rings. The van der Waals surface area contributed by atoms with Gasteiger partial charge < -0.3 is 0 Å². The van der Waals surface area contributed by atoms with Crippen LogP contribution in [0.5, 0.6) is 0 Å². The Balaban J connectivity index is 2.83. The number of hydrogen-bond acceptors (Lipinski definition) is 2. The maximum absolute atomic E-state index is 10.8. The molecule has 0 radical (unpaired) electrons. The number of allylic oxidation sites excluding steroid dienone is 6. The van der Waals surface area contributed by atoms with Gasteiger partial charge in [0.1, 0.15) is 0 Å². The molecule has 0 bridgehead atoms. The van der Waals surface area contributed by atoms with Gasteiger partial charge >= 0.3 is 0 Å². The molecule has 0 amide bonds. The first kappa shape index (κ1) is 13.9. The lowest BCUT2D eigenvalue weighted by atomic mass is 10.00. The fourth-order valence-corrected chi connectivity index (χ4v) is 2.08. The topological polar surface area (TPSA) is 29.4 Å². The van der Waals surface area contributed by atoms with Crippen molar-refractivity contribution < 1.29 is 0 Å². The van der Waals surface area contributed by atoms with Crippen LogP contribution in [-0.2, 0) is 0 Å². The summed E-state index contributed by atoms with van der Waals surface area (Å²) in [6.45, 7) is 6.36. The van der Waals surface area contributed by atoms with Gasteiger partial charge in [0.2, 0.25) is 0 Å². The van der Waals surface area contributed by atoms with Crippen molar-refractivity contribution in [2.24, 2.45) is 5.18 Å². The Morgan fingerprint density at radius 2 is 1.47 bits per heavy atom. The van der Waals surface area contributed by atoms with E-state index >= 15 is 0 Å². The minimum atomic E-state index is 0.754. The third-order valence-electron chi connectivity index (χ3n) is 3.40. The van der Waals surface area contributed by atoms with E-state index in [1.54, 1.807) is 0 Å². The van der Waals surface area contributed by atoms with Crippen LogP contribution in [0.15, 0.2) is 39.7 Å². The van der Waals surface area contributed by atoms with Crippen molar-refractivity contribution in [2.75, 3.05) is 0 Å². The van der Waals surface area contributed by atoms with Crippen molar-refractivity contribution in [1.29, 1.82) is 0 Å². The second-order valence-corrected chi connectivity index (χ2v) is 5.00. The molecular formula is C15H23NO. The minimum Gasteiger partial charge on any atom is -0.145 e. The molecule has 0 N–H and O–H groups in total. The zero-order valence-corrected chi connectivity index (χ0v) is 11.3. The third kappa shape index (κ3) is 5.12.